The maximum atomic E-state index is 14.2. The number of benzene rings is 3. The van der Waals surface area contributed by atoms with Crippen LogP contribution >= 0.6 is 0 Å². The first-order chi connectivity index (χ1) is 18.8. The molecule has 3 aromatic rings. The predicted octanol–water partition coefficient (Wildman–Crippen LogP) is 4.79. The van der Waals surface area contributed by atoms with Crippen LogP contribution in [0, 0.1) is 26.7 Å². The molecule has 0 unspecified atom stereocenters. The molecule has 1 N–H and O–H groups in total. The average Bonchev–Trinajstić information content (AvgIpc) is 2.88. The highest BCUT2D eigenvalue weighted by molar-refractivity contribution is 7.92. The molecule has 0 aromatic heterocycles. The zero-order chi connectivity index (χ0) is 29.4. The quantitative estimate of drug-likeness (QED) is 0.343. The van der Waals surface area contributed by atoms with E-state index in [1.54, 1.807) is 6.07 Å². The Morgan fingerprint density at radius 2 is 1.50 bits per heavy atom. The Morgan fingerprint density at radius 1 is 0.850 bits per heavy atom. The van der Waals surface area contributed by atoms with Gasteiger partial charge in [0, 0.05) is 19.5 Å². The number of nitrogens with one attached hydrogen (secondary N) is 1. The summed E-state index contributed by atoms with van der Waals surface area (Å²) >= 11 is 0. The van der Waals surface area contributed by atoms with Crippen LogP contribution in [0.25, 0.3) is 0 Å². The van der Waals surface area contributed by atoms with E-state index < -0.39 is 28.5 Å². The Labute approximate surface area is 239 Å². The standard InChI is InChI=1S/C32H41N3O4S/c1-23(2)20-33-32(37)30(19-27-12-8-7-9-13-27)34(21-28-14-10-11-24(3)18-28)31(36)22-35(40(6,38)39)29-16-15-25(4)17-26(29)5/h7-18,23,30H,19-22H2,1-6H3,(H,33,37)/t30-/m0/s1. The van der Waals surface area contributed by atoms with Crippen molar-refractivity contribution in [1.82, 2.24) is 10.2 Å². The minimum absolute atomic E-state index is 0.164. The summed E-state index contributed by atoms with van der Waals surface area (Å²) in [5, 5.41) is 3.00. The summed E-state index contributed by atoms with van der Waals surface area (Å²) in [4.78, 5) is 29.3. The SMILES string of the molecule is Cc1cccc(CN(C(=O)CN(c2ccc(C)cc2C)S(C)(=O)=O)[C@@H](Cc2ccccc2)C(=O)NCC(C)C)c1. The second-order valence-corrected chi connectivity index (χ2v) is 12.8. The van der Waals surface area contributed by atoms with Crippen LogP contribution < -0.4 is 9.62 Å². The lowest BCUT2D eigenvalue weighted by molar-refractivity contribution is -0.140. The second kappa shape index (κ2) is 13.6. The van der Waals surface area contributed by atoms with E-state index in [0.29, 0.717) is 18.7 Å². The summed E-state index contributed by atoms with van der Waals surface area (Å²) in [6.07, 6.45) is 1.39. The summed E-state index contributed by atoms with van der Waals surface area (Å²) in [5.74, 6) is -0.490. The smallest absolute Gasteiger partial charge is 0.244 e. The van der Waals surface area contributed by atoms with Crippen LogP contribution in [0.3, 0.4) is 0 Å². The van der Waals surface area contributed by atoms with Crippen LogP contribution in [-0.2, 0) is 32.6 Å². The summed E-state index contributed by atoms with van der Waals surface area (Å²) in [7, 11) is -3.80. The van der Waals surface area contributed by atoms with Gasteiger partial charge in [0.05, 0.1) is 11.9 Å². The third-order valence-corrected chi connectivity index (χ3v) is 7.82. The first kappa shape index (κ1) is 30.9. The lowest BCUT2D eigenvalue weighted by atomic mass is 10.0. The molecule has 0 aliphatic carbocycles. The van der Waals surface area contributed by atoms with E-state index in [1.165, 1.54) is 4.90 Å². The zero-order valence-electron chi connectivity index (χ0n) is 24.3. The Bertz CT molecular complexity index is 1420. The number of aryl methyl sites for hydroxylation is 3. The highest BCUT2D eigenvalue weighted by atomic mass is 32.2. The van der Waals surface area contributed by atoms with Crippen molar-refractivity contribution in [2.75, 3.05) is 23.7 Å². The first-order valence-electron chi connectivity index (χ1n) is 13.6. The van der Waals surface area contributed by atoms with Gasteiger partial charge in [-0.2, -0.15) is 0 Å². The lowest BCUT2D eigenvalue weighted by Gasteiger charge is -2.34. The van der Waals surface area contributed by atoms with Crippen LogP contribution in [0.2, 0.25) is 0 Å². The minimum atomic E-state index is -3.80. The molecule has 0 spiro atoms. The number of hydrogen-bond acceptors (Lipinski definition) is 4. The van der Waals surface area contributed by atoms with Crippen LogP contribution in [-0.4, -0.2) is 50.5 Å². The third-order valence-electron chi connectivity index (χ3n) is 6.69. The van der Waals surface area contributed by atoms with Crippen molar-refractivity contribution in [3.63, 3.8) is 0 Å². The molecule has 0 saturated carbocycles. The molecule has 3 rings (SSSR count). The first-order valence-corrected chi connectivity index (χ1v) is 15.4. The molecule has 40 heavy (non-hydrogen) atoms. The van der Waals surface area contributed by atoms with E-state index in [0.717, 1.165) is 38.4 Å². The van der Waals surface area contributed by atoms with E-state index in [9.17, 15) is 18.0 Å². The third kappa shape index (κ3) is 8.68. The van der Waals surface area contributed by atoms with Gasteiger partial charge in [0.1, 0.15) is 12.6 Å². The normalized spacial score (nSPS) is 12.2. The van der Waals surface area contributed by atoms with Gasteiger partial charge in [0.2, 0.25) is 21.8 Å². The maximum absolute atomic E-state index is 14.2. The molecule has 7 nitrogen and oxygen atoms in total. The molecule has 0 radical (unpaired) electrons. The zero-order valence-corrected chi connectivity index (χ0v) is 25.2. The lowest BCUT2D eigenvalue weighted by Crippen LogP contribution is -2.53. The van der Waals surface area contributed by atoms with Gasteiger partial charge in [0.25, 0.3) is 0 Å². The monoisotopic (exact) mass is 563 g/mol. The summed E-state index contributed by atoms with van der Waals surface area (Å²) in [6, 6.07) is 21.9. The van der Waals surface area contributed by atoms with E-state index in [-0.39, 0.29) is 18.4 Å². The van der Waals surface area contributed by atoms with Gasteiger partial charge >= 0.3 is 0 Å². The largest absolute Gasteiger partial charge is 0.354 e. The van der Waals surface area contributed by atoms with Crippen LogP contribution in [0.5, 0.6) is 0 Å². The van der Waals surface area contributed by atoms with Crippen molar-refractivity contribution >= 4 is 27.5 Å². The molecule has 2 amide bonds. The average molecular weight is 564 g/mol. The van der Waals surface area contributed by atoms with Gasteiger partial charge in [0.15, 0.2) is 0 Å². The second-order valence-electron chi connectivity index (χ2n) is 10.9. The van der Waals surface area contributed by atoms with E-state index in [1.807, 2.05) is 101 Å². The minimum Gasteiger partial charge on any atom is -0.354 e. The summed E-state index contributed by atoms with van der Waals surface area (Å²) in [6.45, 7) is 9.96. The van der Waals surface area contributed by atoms with E-state index >= 15 is 0 Å². The molecule has 0 heterocycles. The molecule has 0 aliphatic heterocycles. The van der Waals surface area contributed by atoms with Gasteiger partial charge in [-0.3, -0.25) is 13.9 Å². The number of nitrogens with zero attached hydrogens (tertiary/aromatic N) is 2. The Hall–Kier alpha value is -3.65. The molecule has 0 bridgehead atoms. The number of hydrogen-bond donors (Lipinski definition) is 1. The highest BCUT2D eigenvalue weighted by Crippen LogP contribution is 2.25. The van der Waals surface area contributed by atoms with Crippen molar-refractivity contribution in [3.8, 4) is 0 Å². The number of rotatable bonds is 12. The van der Waals surface area contributed by atoms with Gasteiger partial charge in [-0.1, -0.05) is 91.7 Å². The molecule has 1 atom stereocenters. The highest BCUT2D eigenvalue weighted by Gasteiger charge is 2.33. The van der Waals surface area contributed by atoms with Gasteiger partial charge < -0.3 is 10.2 Å². The molecule has 0 saturated heterocycles. The van der Waals surface area contributed by atoms with Crippen molar-refractivity contribution < 1.29 is 18.0 Å². The maximum Gasteiger partial charge on any atom is 0.244 e. The summed E-state index contributed by atoms with van der Waals surface area (Å²) in [5.41, 5.74) is 4.98. The molecule has 0 aliphatic rings. The van der Waals surface area contributed by atoms with Crippen molar-refractivity contribution in [2.24, 2.45) is 5.92 Å². The topological polar surface area (TPSA) is 86.8 Å². The Morgan fingerprint density at radius 3 is 2.10 bits per heavy atom. The van der Waals surface area contributed by atoms with E-state index in [4.69, 9.17) is 0 Å². The fraction of sp³-hybridized carbons (Fsp3) is 0.375. The Balaban J connectivity index is 2.07. The number of carbonyl (C=O) groups excluding carboxylic acids is 2. The fourth-order valence-corrected chi connectivity index (χ4v) is 5.57. The van der Waals surface area contributed by atoms with Gasteiger partial charge in [-0.25, -0.2) is 8.42 Å². The van der Waals surface area contributed by atoms with Crippen molar-refractivity contribution in [1.29, 1.82) is 0 Å². The fourth-order valence-electron chi connectivity index (χ4n) is 4.66. The van der Waals surface area contributed by atoms with Crippen LogP contribution in [0.1, 0.15) is 41.7 Å². The van der Waals surface area contributed by atoms with Gasteiger partial charge in [-0.05, 0) is 49.4 Å². The predicted molar refractivity (Wildman–Crippen MR) is 162 cm³/mol. The van der Waals surface area contributed by atoms with E-state index in [2.05, 4.69) is 5.32 Å². The molecule has 0 fully saturated rings. The van der Waals surface area contributed by atoms with Crippen LogP contribution in [0.4, 0.5) is 5.69 Å². The van der Waals surface area contributed by atoms with Gasteiger partial charge in [-0.15, -0.1) is 0 Å². The number of amides is 2. The molecular formula is C32H41N3O4S. The summed E-state index contributed by atoms with van der Waals surface area (Å²) < 4.78 is 27.1. The molecule has 8 heteroatoms. The molecule has 3 aromatic carbocycles. The van der Waals surface area contributed by atoms with Crippen molar-refractivity contribution in [2.45, 2.75) is 53.6 Å². The van der Waals surface area contributed by atoms with Crippen molar-refractivity contribution in [3.05, 3.63) is 101 Å². The molecular weight excluding hydrogens is 522 g/mol. The van der Waals surface area contributed by atoms with Crippen LogP contribution in [0.15, 0.2) is 72.8 Å². The molecule has 214 valence electrons. The number of anilines is 1. The number of sulfonamides is 1. The Kier molecular flexibility index (Phi) is 10.5. The number of carbonyl (C=O) groups is 2.